The van der Waals surface area contributed by atoms with Crippen LogP contribution in [-0.4, -0.2) is 34.1 Å². The van der Waals surface area contributed by atoms with Gasteiger partial charge >= 0.3 is 5.97 Å². The number of aromatic nitrogens is 2. The molecule has 0 saturated carbocycles. The van der Waals surface area contributed by atoms with E-state index in [4.69, 9.17) is 5.11 Å². The van der Waals surface area contributed by atoms with Crippen molar-refractivity contribution in [3.63, 3.8) is 0 Å². The Kier molecular flexibility index (Phi) is 3.22. The molecule has 1 aromatic carbocycles. The van der Waals surface area contributed by atoms with Crippen molar-refractivity contribution < 1.29 is 14.3 Å². The predicted molar refractivity (Wildman–Crippen MR) is 72.1 cm³/mol. The molecule has 1 N–H and O–H groups in total. The molecule has 1 aliphatic heterocycles. The van der Waals surface area contributed by atoms with Crippen molar-refractivity contribution in [2.75, 3.05) is 18.0 Å². The number of hydrogen-bond donors (Lipinski definition) is 1. The molecule has 20 heavy (non-hydrogen) atoms. The first kappa shape index (κ1) is 12.8. The van der Waals surface area contributed by atoms with Crippen molar-refractivity contribution in [2.45, 2.75) is 12.8 Å². The Hall–Kier alpha value is -2.24. The van der Waals surface area contributed by atoms with Gasteiger partial charge in [0.05, 0.1) is 16.8 Å². The number of halogens is 1. The number of rotatable bonds is 2. The lowest BCUT2D eigenvalue weighted by atomic mass is 9.98. The fraction of sp³-hybridized carbons (Fsp3) is 0.357. The van der Waals surface area contributed by atoms with E-state index in [9.17, 15) is 9.18 Å². The Bertz CT molecular complexity index is 657. The highest BCUT2D eigenvalue weighted by Crippen LogP contribution is 2.29. The zero-order valence-corrected chi connectivity index (χ0v) is 10.8. The molecule has 1 unspecified atom stereocenters. The van der Waals surface area contributed by atoms with Crippen LogP contribution >= 0.6 is 0 Å². The maximum absolute atomic E-state index is 14.0. The van der Waals surface area contributed by atoms with Gasteiger partial charge < -0.3 is 10.0 Å². The molecule has 3 rings (SSSR count). The van der Waals surface area contributed by atoms with E-state index in [2.05, 4.69) is 9.97 Å². The van der Waals surface area contributed by atoms with E-state index in [1.807, 2.05) is 4.90 Å². The molecule has 1 aliphatic rings. The van der Waals surface area contributed by atoms with E-state index in [0.29, 0.717) is 36.2 Å². The lowest BCUT2D eigenvalue weighted by molar-refractivity contribution is -0.141. The zero-order chi connectivity index (χ0) is 14.1. The molecule has 0 amide bonds. The Morgan fingerprint density at radius 2 is 2.25 bits per heavy atom. The van der Waals surface area contributed by atoms with Crippen molar-refractivity contribution in [3.05, 3.63) is 30.3 Å². The van der Waals surface area contributed by atoms with E-state index in [0.717, 1.165) is 6.42 Å². The quantitative estimate of drug-likeness (QED) is 0.908. The summed E-state index contributed by atoms with van der Waals surface area (Å²) in [5.74, 6) is -1.14. The molecule has 1 aromatic heterocycles. The third kappa shape index (κ3) is 2.17. The average Bonchev–Trinajstić information content (AvgIpc) is 2.47. The molecule has 1 fully saturated rings. The number of carboxylic acids is 1. The van der Waals surface area contributed by atoms with Crippen LogP contribution in [0.1, 0.15) is 12.8 Å². The van der Waals surface area contributed by atoms with Gasteiger partial charge in [-0.05, 0) is 25.0 Å². The number of piperidine rings is 1. The van der Waals surface area contributed by atoms with Crippen LogP contribution in [0.2, 0.25) is 0 Å². The van der Waals surface area contributed by atoms with E-state index >= 15 is 0 Å². The molecule has 6 heteroatoms. The zero-order valence-electron chi connectivity index (χ0n) is 10.8. The minimum absolute atomic E-state index is 0.357. The van der Waals surface area contributed by atoms with Gasteiger partial charge in [0.25, 0.3) is 0 Å². The molecule has 104 valence electrons. The largest absolute Gasteiger partial charge is 0.481 e. The molecule has 0 bridgehead atoms. The number of carboxylic acid groups (broad SMARTS) is 1. The van der Waals surface area contributed by atoms with E-state index < -0.39 is 11.9 Å². The number of fused-ring (bicyclic) bond motifs is 1. The first-order chi connectivity index (χ1) is 9.66. The van der Waals surface area contributed by atoms with Crippen LogP contribution in [0.4, 0.5) is 10.2 Å². The normalized spacial score (nSPS) is 19.2. The Morgan fingerprint density at radius 1 is 1.40 bits per heavy atom. The fourth-order valence-electron chi connectivity index (χ4n) is 2.66. The number of anilines is 1. The standard InChI is InChI=1S/C14H14FN3O2/c15-10-4-1-5-11-12(10)13(17-8-16-11)18-6-2-3-9(7-18)14(19)20/h1,4-5,8-9H,2-3,6-7H2,(H,19,20). The van der Waals surface area contributed by atoms with Crippen LogP contribution in [0.25, 0.3) is 10.9 Å². The van der Waals surface area contributed by atoms with Gasteiger partial charge in [-0.3, -0.25) is 4.79 Å². The number of benzene rings is 1. The summed E-state index contributed by atoms with van der Waals surface area (Å²) in [5, 5.41) is 9.50. The van der Waals surface area contributed by atoms with Gasteiger partial charge in [0, 0.05) is 13.1 Å². The Balaban J connectivity index is 2.03. The summed E-state index contributed by atoms with van der Waals surface area (Å²) in [6.45, 7) is 1.04. The van der Waals surface area contributed by atoms with Gasteiger partial charge in [0.1, 0.15) is 18.0 Å². The molecule has 5 nitrogen and oxygen atoms in total. The van der Waals surface area contributed by atoms with Gasteiger partial charge in [-0.1, -0.05) is 6.07 Å². The third-order valence-corrected chi connectivity index (χ3v) is 3.66. The summed E-state index contributed by atoms with van der Waals surface area (Å²) in [4.78, 5) is 21.2. The molecule has 0 radical (unpaired) electrons. The minimum atomic E-state index is -0.812. The maximum Gasteiger partial charge on any atom is 0.308 e. The highest BCUT2D eigenvalue weighted by molar-refractivity contribution is 5.90. The van der Waals surface area contributed by atoms with Crippen LogP contribution < -0.4 is 4.90 Å². The molecular weight excluding hydrogens is 261 g/mol. The van der Waals surface area contributed by atoms with Crippen LogP contribution in [0.15, 0.2) is 24.5 Å². The van der Waals surface area contributed by atoms with Crippen molar-refractivity contribution in [2.24, 2.45) is 5.92 Å². The molecule has 0 aliphatic carbocycles. The SMILES string of the molecule is O=C(O)C1CCCN(c2ncnc3cccc(F)c23)C1. The van der Waals surface area contributed by atoms with Gasteiger partial charge in [-0.15, -0.1) is 0 Å². The molecule has 1 atom stereocenters. The lowest BCUT2D eigenvalue weighted by Crippen LogP contribution is -2.39. The average molecular weight is 275 g/mol. The summed E-state index contributed by atoms with van der Waals surface area (Å²) in [6, 6.07) is 4.70. The summed E-state index contributed by atoms with van der Waals surface area (Å²) < 4.78 is 14.0. The predicted octanol–water partition coefficient (Wildman–Crippen LogP) is 2.07. The van der Waals surface area contributed by atoms with Gasteiger partial charge in [-0.2, -0.15) is 0 Å². The number of nitrogens with zero attached hydrogens (tertiary/aromatic N) is 3. The third-order valence-electron chi connectivity index (χ3n) is 3.66. The molecule has 0 spiro atoms. The van der Waals surface area contributed by atoms with E-state index in [1.165, 1.54) is 12.4 Å². The van der Waals surface area contributed by atoms with Gasteiger partial charge in [-0.25, -0.2) is 14.4 Å². The van der Waals surface area contributed by atoms with Crippen LogP contribution in [0.5, 0.6) is 0 Å². The first-order valence-electron chi connectivity index (χ1n) is 6.54. The maximum atomic E-state index is 14.0. The Morgan fingerprint density at radius 3 is 3.05 bits per heavy atom. The molecular formula is C14H14FN3O2. The van der Waals surface area contributed by atoms with Crippen LogP contribution in [0, 0.1) is 11.7 Å². The highest BCUT2D eigenvalue weighted by Gasteiger charge is 2.27. The van der Waals surface area contributed by atoms with Crippen molar-refractivity contribution in [1.29, 1.82) is 0 Å². The highest BCUT2D eigenvalue weighted by atomic mass is 19.1. The molecule has 1 saturated heterocycles. The summed E-state index contributed by atoms with van der Waals surface area (Å²) >= 11 is 0. The summed E-state index contributed by atoms with van der Waals surface area (Å²) in [6.07, 6.45) is 2.80. The second kappa shape index (κ2) is 5.03. The lowest BCUT2D eigenvalue weighted by Gasteiger charge is -2.32. The number of carbonyl (C=O) groups is 1. The second-order valence-electron chi connectivity index (χ2n) is 4.95. The summed E-state index contributed by atoms with van der Waals surface area (Å²) in [5.41, 5.74) is 0.535. The van der Waals surface area contributed by atoms with Crippen LogP contribution in [0.3, 0.4) is 0 Å². The molecule has 2 heterocycles. The smallest absolute Gasteiger partial charge is 0.308 e. The second-order valence-corrected chi connectivity index (χ2v) is 4.95. The topological polar surface area (TPSA) is 66.3 Å². The van der Waals surface area contributed by atoms with Gasteiger partial charge in [0.15, 0.2) is 0 Å². The minimum Gasteiger partial charge on any atom is -0.481 e. The van der Waals surface area contributed by atoms with Gasteiger partial charge in [0.2, 0.25) is 0 Å². The first-order valence-corrected chi connectivity index (χ1v) is 6.54. The number of aliphatic carboxylic acids is 1. The van der Waals surface area contributed by atoms with Crippen LogP contribution in [-0.2, 0) is 4.79 Å². The molecule has 2 aromatic rings. The fourth-order valence-corrected chi connectivity index (χ4v) is 2.66. The number of hydrogen-bond acceptors (Lipinski definition) is 4. The Labute approximate surface area is 115 Å². The van der Waals surface area contributed by atoms with Crippen molar-refractivity contribution >= 4 is 22.7 Å². The summed E-state index contributed by atoms with van der Waals surface area (Å²) in [7, 11) is 0. The van der Waals surface area contributed by atoms with E-state index in [1.54, 1.807) is 12.1 Å². The van der Waals surface area contributed by atoms with Crippen molar-refractivity contribution in [1.82, 2.24) is 9.97 Å². The van der Waals surface area contributed by atoms with E-state index in [-0.39, 0.29) is 5.82 Å². The van der Waals surface area contributed by atoms with Crippen molar-refractivity contribution in [3.8, 4) is 0 Å². The monoisotopic (exact) mass is 275 g/mol.